The van der Waals surface area contributed by atoms with Crippen molar-refractivity contribution in [3.05, 3.63) is 82.9 Å². The van der Waals surface area contributed by atoms with Gasteiger partial charge >= 0.3 is 0 Å². The Morgan fingerprint density at radius 2 is 1.67 bits per heavy atom. The Morgan fingerprint density at radius 1 is 0.949 bits per heavy atom. The average molecular weight is 545 g/mol. The van der Waals surface area contributed by atoms with Gasteiger partial charge in [0.05, 0.1) is 0 Å². The van der Waals surface area contributed by atoms with Gasteiger partial charge in [0, 0.05) is 67.0 Å². The minimum atomic E-state index is 0.108. The molecule has 0 spiro atoms. The minimum Gasteiger partial charge on any atom is -0.371 e. The molecule has 6 rings (SSSR count). The largest absolute Gasteiger partial charge is 0.371 e. The molecule has 3 fully saturated rings. The summed E-state index contributed by atoms with van der Waals surface area (Å²) in [7, 11) is 0. The van der Waals surface area contributed by atoms with Gasteiger partial charge in [0.25, 0.3) is 0 Å². The summed E-state index contributed by atoms with van der Waals surface area (Å²) < 4.78 is 2.47. The quantitative estimate of drug-likeness (QED) is 0.281. The second-order valence-corrected chi connectivity index (χ2v) is 13.0. The molecule has 1 unspecified atom stereocenters. The number of piperidine rings is 1. The zero-order chi connectivity index (χ0) is 26.8. The monoisotopic (exact) mass is 544 g/mol. The number of nitrogens with zero attached hydrogens (tertiary/aromatic N) is 4. The highest BCUT2D eigenvalue weighted by Crippen LogP contribution is 2.52. The van der Waals surface area contributed by atoms with E-state index in [9.17, 15) is 0 Å². The van der Waals surface area contributed by atoms with E-state index in [0.717, 1.165) is 23.9 Å². The third-order valence-corrected chi connectivity index (χ3v) is 10.4. The van der Waals surface area contributed by atoms with E-state index >= 15 is 0 Å². The van der Waals surface area contributed by atoms with Crippen molar-refractivity contribution in [2.75, 3.05) is 37.6 Å². The highest BCUT2D eigenvalue weighted by atomic mass is 35.5. The maximum Gasteiger partial charge on any atom is 0.108 e. The maximum absolute atomic E-state index is 6.67. The smallest absolute Gasteiger partial charge is 0.108 e. The van der Waals surface area contributed by atoms with Gasteiger partial charge in [0.2, 0.25) is 0 Å². The van der Waals surface area contributed by atoms with E-state index in [1.165, 1.54) is 93.9 Å². The molecule has 1 aromatic heterocycles. The molecular formula is C34H45ClN4. The first kappa shape index (κ1) is 26.9. The molecule has 1 aliphatic carbocycles. The molecule has 208 valence electrons. The lowest BCUT2D eigenvalue weighted by Gasteiger charge is -2.50. The second kappa shape index (κ2) is 11.7. The lowest BCUT2D eigenvalue weighted by molar-refractivity contribution is 0.0641. The predicted octanol–water partition coefficient (Wildman–Crippen LogP) is 7.38. The van der Waals surface area contributed by atoms with Gasteiger partial charge in [-0.2, -0.15) is 0 Å². The van der Waals surface area contributed by atoms with Crippen LogP contribution in [-0.4, -0.2) is 47.2 Å². The summed E-state index contributed by atoms with van der Waals surface area (Å²) in [5, 5.41) is 0.872. The Labute approximate surface area is 240 Å². The zero-order valence-electron chi connectivity index (χ0n) is 23.9. The van der Waals surface area contributed by atoms with Crippen molar-refractivity contribution in [3.8, 4) is 0 Å². The standard InChI is InChI=1S/C34H45ClN4/c1-3-33-36-17-20-38(33)25-34(28-7-4-5-8-28,30-9-6-10-31(35)21-30)29-15-18-37(19-16-29)22-27-23-39(24-27)32-13-11-26(2)12-14-32/h6,9-14,17,20-21,27-29H,3-5,7-8,15-16,18-19,22-25H2,1-2H3. The number of imidazole rings is 1. The van der Waals surface area contributed by atoms with E-state index in [1.807, 2.05) is 12.3 Å². The summed E-state index contributed by atoms with van der Waals surface area (Å²) in [4.78, 5) is 10.0. The van der Waals surface area contributed by atoms with Crippen LogP contribution in [0.25, 0.3) is 0 Å². The fourth-order valence-corrected chi connectivity index (χ4v) is 8.29. The first-order valence-electron chi connectivity index (χ1n) is 15.3. The number of halogens is 1. The van der Waals surface area contributed by atoms with Crippen LogP contribution in [0.3, 0.4) is 0 Å². The minimum absolute atomic E-state index is 0.108. The molecule has 0 bridgehead atoms. The van der Waals surface area contributed by atoms with Gasteiger partial charge in [0.1, 0.15) is 5.82 Å². The molecule has 39 heavy (non-hydrogen) atoms. The number of hydrogen-bond donors (Lipinski definition) is 0. The van der Waals surface area contributed by atoms with E-state index in [1.54, 1.807) is 0 Å². The Morgan fingerprint density at radius 3 is 2.36 bits per heavy atom. The van der Waals surface area contributed by atoms with E-state index < -0.39 is 0 Å². The number of rotatable bonds is 9. The fraction of sp³-hybridized carbons (Fsp3) is 0.559. The van der Waals surface area contributed by atoms with Crippen molar-refractivity contribution >= 4 is 17.3 Å². The molecule has 2 saturated heterocycles. The van der Waals surface area contributed by atoms with Crippen molar-refractivity contribution < 1.29 is 0 Å². The second-order valence-electron chi connectivity index (χ2n) is 12.5. The van der Waals surface area contributed by atoms with E-state index in [-0.39, 0.29) is 5.41 Å². The van der Waals surface area contributed by atoms with Gasteiger partial charge in [-0.3, -0.25) is 0 Å². The third-order valence-electron chi connectivity index (χ3n) is 10.2. The van der Waals surface area contributed by atoms with Crippen molar-refractivity contribution in [1.82, 2.24) is 14.5 Å². The van der Waals surface area contributed by atoms with Crippen molar-refractivity contribution in [3.63, 3.8) is 0 Å². The highest BCUT2D eigenvalue weighted by molar-refractivity contribution is 6.30. The number of aryl methyl sites for hydroxylation is 2. The van der Waals surface area contributed by atoms with Crippen LogP contribution < -0.4 is 4.90 Å². The van der Waals surface area contributed by atoms with Crippen LogP contribution in [0.2, 0.25) is 5.02 Å². The third kappa shape index (κ3) is 5.52. The molecule has 0 amide bonds. The van der Waals surface area contributed by atoms with Gasteiger partial charge in [-0.15, -0.1) is 0 Å². The summed E-state index contributed by atoms with van der Waals surface area (Å²) in [6.45, 7) is 11.5. The van der Waals surface area contributed by atoms with Crippen LogP contribution in [0.1, 0.15) is 62.4 Å². The summed E-state index contributed by atoms with van der Waals surface area (Å²) >= 11 is 6.67. The molecule has 0 radical (unpaired) electrons. The van der Waals surface area contributed by atoms with E-state index in [0.29, 0.717) is 11.8 Å². The van der Waals surface area contributed by atoms with Crippen LogP contribution >= 0.6 is 11.6 Å². The summed E-state index contributed by atoms with van der Waals surface area (Å²) in [5.74, 6) is 3.36. The molecule has 1 atom stereocenters. The van der Waals surface area contributed by atoms with Gasteiger partial charge in [0.15, 0.2) is 0 Å². The summed E-state index contributed by atoms with van der Waals surface area (Å²) in [6.07, 6.45) is 13.1. The van der Waals surface area contributed by atoms with E-state index in [4.69, 9.17) is 16.6 Å². The molecule has 3 heterocycles. The van der Waals surface area contributed by atoms with Crippen LogP contribution in [0.4, 0.5) is 5.69 Å². The molecule has 3 aromatic rings. The van der Waals surface area contributed by atoms with Gasteiger partial charge < -0.3 is 14.4 Å². The maximum atomic E-state index is 6.67. The van der Waals surface area contributed by atoms with Gasteiger partial charge in [-0.25, -0.2) is 4.98 Å². The van der Waals surface area contributed by atoms with Crippen LogP contribution in [0.5, 0.6) is 0 Å². The molecule has 2 aromatic carbocycles. The Hall–Kier alpha value is -2.30. The normalized spacial score (nSPS) is 21.3. The summed E-state index contributed by atoms with van der Waals surface area (Å²) in [5.41, 5.74) is 4.29. The zero-order valence-corrected chi connectivity index (χ0v) is 24.6. The SMILES string of the molecule is CCc1nccn1CC(c1cccc(Cl)c1)(C1CCCC1)C1CCN(CC2CN(c3ccc(C)cc3)C2)CC1. The molecule has 0 N–H and O–H groups in total. The van der Waals surface area contributed by atoms with Gasteiger partial charge in [-0.05, 0) is 87.4 Å². The number of benzene rings is 2. The van der Waals surface area contributed by atoms with E-state index in [2.05, 4.69) is 76.9 Å². The average Bonchev–Trinajstić information content (AvgIpc) is 3.63. The van der Waals surface area contributed by atoms with Crippen LogP contribution in [0, 0.1) is 24.7 Å². The lowest BCUT2D eigenvalue weighted by Crippen LogP contribution is -2.54. The first-order valence-corrected chi connectivity index (χ1v) is 15.7. The highest BCUT2D eigenvalue weighted by Gasteiger charge is 2.48. The molecule has 1 saturated carbocycles. The van der Waals surface area contributed by atoms with Crippen LogP contribution in [0.15, 0.2) is 60.9 Å². The molecular weight excluding hydrogens is 500 g/mol. The number of aromatic nitrogens is 2. The lowest BCUT2D eigenvalue weighted by atomic mass is 9.59. The Bertz CT molecular complexity index is 1220. The van der Waals surface area contributed by atoms with Crippen molar-refractivity contribution in [2.24, 2.45) is 17.8 Å². The van der Waals surface area contributed by atoms with Crippen molar-refractivity contribution in [1.29, 1.82) is 0 Å². The van der Waals surface area contributed by atoms with Gasteiger partial charge in [-0.1, -0.05) is 61.2 Å². The molecule has 3 aliphatic rings. The Balaban J connectivity index is 1.19. The number of hydrogen-bond acceptors (Lipinski definition) is 3. The number of likely N-dealkylation sites (tertiary alicyclic amines) is 1. The predicted molar refractivity (Wildman–Crippen MR) is 163 cm³/mol. The topological polar surface area (TPSA) is 24.3 Å². The summed E-state index contributed by atoms with van der Waals surface area (Å²) in [6, 6.07) is 17.9. The Kier molecular flexibility index (Phi) is 8.05. The first-order chi connectivity index (χ1) is 19.0. The van der Waals surface area contributed by atoms with Crippen molar-refractivity contribution in [2.45, 2.75) is 70.8 Å². The molecule has 4 nitrogen and oxygen atoms in total. The molecule has 2 aliphatic heterocycles. The molecule has 5 heteroatoms. The van der Waals surface area contributed by atoms with Crippen LogP contribution in [-0.2, 0) is 18.4 Å². The number of anilines is 1. The fourth-order valence-electron chi connectivity index (χ4n) is 8.10.